The predicted molar refractivity (Wildman–Crippen MR) is 105 cm³/mol. The summed E-state index contributed by atoms with van der Waals surface area (Å²) in [5.74, 6) is 2.05. The third kappa shape index (κ3) is 3.90. The van der Waals surface area contributed by atoms with Gasteiger partial charge in [0.25, 0.3) is 0 Å². The van der Waals surface area contributed by atoms with Crippen LogP contribution in [0.2, 0.25) is 0 Å². The van der Waals surface area contributed by atoms with E-state index in [1.807, 2.05) is 0 Å². The zero-order chi connectivity index (χ0) is 20.3. The van der Waals surface area contributed by atoms with Crippen LogP contribution in [0.5, 0.6) is 46.0 Å². The van der Waals surface area contributed by atoms with Crippen molar-refractivity contribution in [2.75, 3.05) is 25.7 Å². The van der Waals surface area contributed by atoms with Gasteiger partial charge in [0.2, 0.25) is 0 Å². The van der Waals surface area contributed by atoms with Gasteiger partial charge in [-0.1, -0.05) is 0 Å². The molecule has 3 aromatic rings. The molecule has 0 amide bonds. The molecule has 6 N–H and O–H groups in total. The van der Waals surface area contributed by atoms with Gasteiger partial charge in [0.05, 0.1) is 25.6 Å². The summed E-state index contributed by atoms with van der Waals surface area (Å²) in [6.07, 6.45) is 0. The summed E-state index contributed by atoms with van der Waals surface area (Å²) in [4.78, 5) is 0. The predicted octanol–water partition coefficient (Wildman–Crippen LogP) is 3.86. The van der Waals surface area contributed by atoms with Crippen LogP contribution < -0.4 is 30.4 Å². The number of phenolic OH excluding ortho intramolecular Hbond substituents is 2. The molecule has 0 bridgehead atoms. The molecule has 0 saturated carbocycles. The first-order valence-corrected chi connectivity index (χ1v) is 8.20. The number of anilines is 2. The van der Waals surface area contributed by atoms with Crippen LogP contribution in [-0.2, 0) is 0 Å². The normalized spacial score (nSPS) is 10.4. The summed E-state index contributed by atoms with van der Waals surface area (Å²) in [6.45, 7) is 0. The maximum atomic E-state index is 9.78. The maximum Gasteiger partial charge on any atom is 0.181 e. The number of ether oxygens (including phenoxy) is 4. The van der Waals surface area contributed by atoms with E-state index < -0.39 is 0 Å². The van der Waals surface area contributed by atoms with Crippen molar-refractivity contribution in [2.45, 2.75) is 0 Å². The Morgan fingerprint density at radius 3 is 1.29 bits per heavy atom. The minimum absolute atomic E-state index is 0.137. The lowest BCUT2D eigenvalue weighted by Gasteiger charge is -2.12. The van der Waals surface area contributed by atoms with E-state index in [4.69, 9.17) is 30.4 Å². The zero-order valence-electron chi connectivity index (χ0n) is 15.3. The fourth-order valence-corrected chi connectivity index (χ4v) is 2.48. The van der Waals surface area contributed by atoms with Crippen LogP contribution in [0.4, 0.5) is 11.4 Å². The van der Waals surface area contributed by atoms with E-state index in [0.29, 0.717) is 23.0 Å². The minimum Gasteiger partial charge on any atom is -0.503 e. The van der Waals surface area contributed by atoms with Gasteiger partial charge in [0.15, 0.2) is 23.0 Å². The molecule has 8 nitrogen and oxygen atoms in total. The third-order valence-electron chi connectivity index (χ3n) is 3.89. The average Bonchev–Trinajstić information content (AvgIpc) is 2.68. The number of hydrogen-bond acceptors (Lipinski definition) is 8. The Morgan fingerprint density at radius 1 is 0.607 bits per heavy atom. The molecule has 0 aliphatic carbocycles. The molecule has 0 atom stereocenters. The standard InChI is InChI=1S/C20H20N2O6/c1-25-17-9-13(7-15(21)19(17)23)27-11-3-5-12(6-4-11)28-14-8-16(22)20(24)18(10-14)26-2/h3-10,23-24H,21-22H2,1-2H3. The van der Waals surface area contributed by atoms with Gasteiger partial charge >= 0.3 is 0 Å². The summed E-state index contributed by atoms with van der Waals surface area (Å²) in [5, 5.41) is 19.6. The highest BCUT2D eigenvalue weighted by atomic mass is 16.5. The number of aromatic hydroxyl groups is 2. The molecule has 3 rings (SSSR count). The number of rotatable bonds is 6. The summed E-state index contributed by atoms with van der Waals surface area (Å²) in [6, 6.07) is 12.8. The van der Waals surface area contributed by atoms with E-state index >= 15 is 0 Å². The fraction of sp³-hybridized carbons (Fsp3) is 0.100. The molecule has 0 unspecified atom stereocenters. The molecule has 0 aromatic heterocycles. The number of benzene rings is 3. The van der Waals surface area contributed by atoms with Crippen molar-refractivity contribution in [3.63, 3.8) is 0 Å². The third-order valence-corrected chi connectivity index (χ3v) is 3.89. The van der Waals surface area contributed by atoms with Crippen molar-refractivity contribution < 1.29 is 29.2 Å². The molecule has 0 radical (unpaired) electrons. The summed E-state index contributed by atoms with van der Waals surface area (Å²) in [7, 11) is 2.85. The van der Waals surface area contributed by atoms with Crippen LogP contribution in [0, 0.1) is 0 Å². The molecule has 28 heavy (non-hydrogen) atoms. The number of phenols is 2. The molecule has 0 heterocycles. The van der Waals surface area contributed by atoms with Gasteiger partial charge in [0, 0.05) is 24.3 Å². The van der Waals surface area contributed by atoms with Crippen LogP contribution in [0.25, 0.3) is 0 Å². The lowest BCUT2D eigenvalue weighted by Crippen LogP contribution is -1.94. The van der Waals surface area contributed by atoms with E-state index in [9.17, 15) is 10.2 Å². The second-order valence-corrected chi connectivity index (χ2v) is 5.80. The highest BCUT2D eigenvalue weighted by molar-refractivity contribution is 5.64. The largest absolute Gasteiger partial charge is 0.503 e. The van der Waals surface area contributed by atoms with Crippen molar-refractivity contribution in [3.8, 4) is 46.0 Å². The Bertz CT molecular complexity index is 908. The second-order valence-electron chi connectivity index (χ2n) is 5.80. The molecule has 0 aliphatic rings. The number of methoxy groups -OCH3 is 2. The number of nitrogen functional groups attached to an aromatic ring is 2. The molecule has 0 fully saturated rings. The second kappa shape index (κ2) is 7.75. The van der Waals surface area contributed by atoms with Gasteiger partial charge in [-0.2, -0.15) is 0 Å². The van der Waals surface area contributed by atoms with Crippen molar-refractivity contribution in [1.29, 1.82) is 0 Å². The zero-order valence-corrected chi connectivity index (χ0v) is 15.3. The van der Waals surface area contributed by atoms with Crippen molar-refractivity contribution in [2.24, 2.45) is 0 Å². The van der Waals surface area contributed by atoms with Crippen LogP contribution >= 0.6 is 0 Å². The van der Waals surface area contributed by atoms with Gasteiger partial charge in [-0.05, 0) is 24.3 Å². The molecule has 146 valence electrons. The van der Waals surface area contributed by atoms with Crippen LogP contribution in [-0.4, -0.2) is 24.4 Å². The van der Waals surface area contributed by atoms with E-state index in [0.717, 1.165) is 0 Å². The van der Waals surface area contributed by atoms with Crippen molar-refractivity contribution in [1.82, 2.24) is 0 Å². The Morgan fingerprint density at radius 2 is 0.964 bits per heavy atom. The van der Waals surface area contributed by atoms with E-state index in [1.165, 1.54) is 38.5 Å². The van der Waals surface area contributed by atoms with Gasteiger partial charge in [0.1, 0.15) is 23.0 Å². The fourth-order valence-electron chi connectivity index (χ4n) is 2.48. The Kier molecular flexibility index (Phi) is 5.21. The monoisotopic (exact) mass is 384 g/mol. The van der Waals surface area contributed by atoms with Gasteiger partial charge in [-0.3, -0.25) is 0 Å². The molecule has 0 aliphatic heterocycles. The quantitative estimate of drug-likeness (QED) is 0.372. The highest BCUT2D eigenvalue weighted by Crippen LogP contribution is 2.39. The molecule has 8 heteroatoms. The topological polar surface area (TPSA) is 129 Å². The van der Waals surface area contributed by atoms with Gasteiger partial charge in [-0.15, -0.1) is 0 Å². The molecule has 3 aromatic carbocycles. The SMILES string of the molecule is COc1cc(Oc2ccc(Oc3cc(N)c(O)c(OC)c3)cc2)cc(N)c1O. The van der Waals surface area contributed by atoms with Crippen LogP contribution in [0.15, 0.2) is 48.5 Å². The molecular weight excluding hydrogens is 364 g/mol. The Labute approximate surface area is 161 Å². The average molecular weight is 384 g/mol. The van der Waals surface area contributed by atoms with Crippen LogP contribution in [0.3, 0.4) is 0 Å². The van der Waals surface area contributed by atoms with E-state index in [2.05, 4.69) is 0 Å². The van der Waals surface area contributed by atoms with Gasteiger partial charge in [-0.25, -0.2) is 0 Å². The Hall–Kier alpha value is -3.94. The van der Waals surface area contributed by atoms with E-state index in [1.54, 1.807) is 24.3 Å². The lowest BCUT2D eigenvalue weighted by atomic mass is 10.2. The first kappa shape index (κ1) is 18.8. The molecular formula is C20H20N2O6. The summed E-state index contributed by atoms with van der Waals surface area (Å²) in [5.41, 5.74) is 11.8. The lowest BCUT2D eigenvalue weighted by molar-refractivity contribution is 0.370. The maximum absolute atomic E-state index is 9.78. The first-order chi connectivity index (χ1) is 13.4. The highest BCUT2D eigenvalue weighted by Gasteiger charge is 2.11. The van der Waals surface area contributed by atoms with Crippen molar-refractivity contribution >= 4 is 11.4 Å². The van der Waals surface area contributed by atoms with E-state index in [-0.39, 0.29) is 34.4 Å². The number of nitrogens with two attached hydrogens (primary N) is 2. The summed E-state index contributed by atoms with van der Waals surface area (Å²) >= 11 is 0. The molecule has 0 saturated heterocycles. The molecule has 0 spiro atoms. The Balaban J connectivity index is 1.76. The van der Waals surface area contributed by atoms with Crippen LogP contribution in [0.1, 0.15) is 0 Å². The smallest absolute Gasteiger partial charge is 0.181 e. The minimum atomic E-state index is -0.137. The van der Waals surface area contributed by atoms with Gasteiger partial charge < -0.3 is 40.6 Å². The van der Waals surface area contributed by atoms with Crippen molar-refractivity contribution in [3.05, 3.63) is 48.5 Å². The first-order valence-electron chi connectivity index (χ1n) is 8.20. The summed E-state index contributed by atoms with van der Waals surface area (Å²) < 4.78 is 21.6. The number of hydrogen-bond donors (Lipinski definition) is 4.